The number of nitrogens with one attached hydrogen (secondary N) is 1. The van der Waals surface area contributed by atoms with E-state index in [2.05, 4.69) is 44.1 Å². The summed E-state index contributed by atoms with van der Waals surface area (Å²) in [7, 11) is 1.98. The van der Waals surface area contributed by atoms with Crippen molar-refractivity contribution in [3.05, 3.63) is 46.7 Å². The second kappa shape index (κ2) is 8.47. The van der Waals surface area contributed by atoms with Gasteiger partial charge in [0.1, 0.15) is 0 Å². The van der Waals surface area contributed by atoms with Crippen molar-refractivity contribution >= 4 is 28.6 Å². The predicted molar refractivity (Wildman–Crippen MR) is 103 cm³/mol. The van der Waals surface area contributed by atoms with Crippen LogP contribution in [0.25, 0.3) is 0 Å². The van der Waals surface area contributed by atoms with Crippen molar-refractivity contribution in [2.24, 2.45) is 0 Å². The van der Waals surface area contributed by atoms with E-state index in [1.165, 1.54) is 11.3 Å². The zero-order valence-corrected chi connectivity index (χ0v) is 15.6. The summed E-state index contributed by atoms with van der Waals surface area (Å²) >= 11 is 1.68. The van der Waals surface area contributed by atoms with Crippen molar-refractivity contribution < 1.29 is 9.53 Å². The quantitative estimate of drug-likeness (QED) is 0.861. The highest BCUT2D eigenvalue weighted by Crippen LogP contribution is 2.19. The van der Waals surface area contributed by atoms with Gasteiger partial charge < -0.3 is 15.0 Å². The Hall–Kier alpha value is -1.89. The second-order valence-electron chi connectivity index (χ2n) is 6.36. The minimum absolute atomic E-state index is 0.0110. The Morgan fingerprint density at radius 2 is 2.00 bits per heavy atom. The van der Waals surface area contributed by atoms with Crippen molar-refractivity contribution in [2.45, 2.75) is 19.5 Å². The number of nitrogens with zero attached hydrogens (tertiary/aromatic N) is 2. The van der Waals surface area contributed by atoms with Crippen molar-refractivity contribution in [3.8, 4) is 0 Å². The second-order valence-corrected chi connectivity index (χ2v) is 7.14. The molecule has 3 rings (SSSR count). The van der Waals surface area contributed by atoms with Gasteiger partial charge in [0.15, 0.2) is 0 Å². The molecule has 0 spiro atoms. The molecule has 1 aromatic heterocycles. The van der Waals surface area contributed by atoms with Gasteiger partial charge in [-0.1, -0.05) is 0 Å². The lowest BCUT2D eigenvalue weighted by molar-refractivity contribution is -0.120. The lowest BCUT2D eigenvalue weighted by atomic mass is 10.2. The van der Waals surface area contributed by atoms with Gasteiger partial charge in [0.2, 0.25) is 5.91 Å². The molecule has 0 radical (unpaired) electrons. The Bertz CT molecular complexity index is 666. The maximum atomic E-state index is 12.5. The number of hydrogen-bond acceptors (Lipinski definition) is 5. The van der Waals surface area contributed by atoms with Crippen LogP contribution in [0.2, 0.25) is 0 Å². The van der Waals surface area contributed by atoms with Crippen molar-refractivity contribution in [1.29, 1.82) is 0 Å². The highest BCUT2D eigenvalue weighted by atomic mass is 32.1. The van der Waals surface area contributed by atoms with E-state index in [-0.39, 0.29) is 11.9 Å². The third-order valence-electron chi connectivity index (χ3n) is 4.56. The normalized spacial score (nSPS) is 16.0. The van der Waals surface area contributed by atoms with Gasteiger partial charge >= 0.3 is 0 Å². The van der Waals surface area contributed by atoms with Gasteiger partial charge in [-0.15, -0.1) is 0 Å². The first-order valence-electron chi connectivity index (χ1n) is 8.58. The number of likely N-dealkylation sites (N-methyl/N-ethyl adjacent to an activating group) is 1. The monoisotopic (exact) mass is 359 g/mol. The van der Waals surface area contributed by atoms with Crippen LogP contribution in [0.4, 0.5) is 11.4 Å². The molecule has 1 atom stereocenters. The van der Waals surface area contributed by atoms with Gasteiger partial charge in [-0.3, -0.25) is 9.69 Å². The molecule has 1 amide bonds. The molecule has 1 aromatic carbocycles. The number of rotatable bonds is 6. The Kier molecular flexibility index (Phi) is 6.07. The maximum absolute atomic E-state index is 12.5. The largest absolute Gasteiger partial charge is 0.378 e. The molecule has 6 heteroatoms. The van der Waals surface area contributed by atoms with Crippen LogP contribution in [0.3, 0.4) is 0 Å². The molecule has 1 fully saturated rings. The summed E-state index contributed by atoms with van der Waals surface area (Å²) in [5.41, 5.74) is 3.24. The lowest BCUT2D eigenvalue weighted by Crippen LogP contribution is -2.39. The number of amides is 1. The summed E-state index contributed by atoms with van der Waals surface area (Å²) in [6, 6.07) is 9.94. The van der Waals surface area contributed by atoms with E-state index < -0.39 is 0 Å². The third kappa shape index (κ3) is 4.81. The number of morpholine rings is 1. The summed E-state index contributed by atoms with van der Waals surface area (Å²) in [6.45, 7) is 6.07. The zero-order chi connectivity index (χ0) is 17.6. The molecule has 0 aliphatic carbocycles. The third-order valence-corrected chi connectivity index (χ3v) is 5.30. The Morgan fingerprint density at radius 1 is 1.28 bits per heavy atom. The van der Waals surface area contributed by atoms with Crippen molar-refractivity contribution in [1.82, 2.24) is 4.90 Å². The molecule has 134 valence electrons. The number of ether oxygens (including phenoxy) is 1. The first-order chi connectivity index (χ1) is 12.1. The molecule has 25 heavy (non-hydrogen) atoms. The minimum atomic E-state index is -0.196. The van der Waals surface area contributed by atoms with Crippen molar-refractivity contribution in [3.63, 3.8) is 0 Å². The summed E-state index contributed by atoms with van der Waals surface area (Å²) in [5.74, 6) is 0.0110. The van der Waals surface area contributed by atoms with Crippen LogP contribution >= 0.6 is 11.3 Å². The van der Waals surface area contributed by atoms with Gasteiger partial charge in [-0.05, 0) is 60.6 Å². The number of thiophene rings is 1. The van der Waals surface area contributed by atoms with Crippen molar-refractivity contribution in [2.75, 3.05) is 43.6 Å². The SMILES string of the molecule is C[C@@H](C(=O)Nc1ccc(N2CCOCC2)cc1)N(C)Cc1ccsc1. The molecular formula is C19H25N3O2S. The molecule has 0 bridgehead atoms. The fourth-order valence-corrected chi connectivity index (χ4v) is 3.49. The summed E-state index contributed by atoms with van der Waals surface area (Å²) in [6.07, 6.45) is 0. The molecule has 0 unspecified atom stereocenters. The number of hydrogen-bond donors (Lipinski definition) is 1. The summed E-state index contributed by atoms with van der Waals surface area (Å²) in [4.78, 5) is 16.8. The molecule has 1 N–H and O–H groups in total. The predicted octanol–water partition coefficient (Wildman–Crippen LogP) is 3.04. The molecule has 1 saturated heterocycles. The smallest absolute Gasteiger partial charge is 0.241 e. The van der Waals surface area contributed by atoms with Gasteiger partial charge in [0.25, 0.3) is 0 Å². The molecule has 2 heterocycles. The van der Waals surface area contributed by atoms with E-state index in [4.69, 9.17) is 4.74 Å². The van der Waals surface area contributed by atoms with Gasteiger partial charge in [0.05, 0.1) is 19.3 Å². The van der Waals surface area contributed by atoms with Crippen LogP contribution in [-0.4, -0.2) is 50.2 Å². The molecule has 0 saturated carbocycles. The fourth-order valence-electron chi connectivity index (χ4n) is 2.83. The van der Waals surface area contributed by atoms with Gasteiger partial charge in [0, 0.05) is 31.0 Å². The maximum Gasteiger partial charge on any atom is 0.241 e. The van der Waals surface area contributed by atoms with E-state index in [9.17, 15) is 4.79 Å². The van der Waals surface area contributed by atoms with Crippen LogP contribution in [0, 0.1) is 0 Å². The number of carbonyl (C=O) groups excluding carboxylic acids is 1. The van der Waals surface area contributed by atoms with Crippen LogP contribution < -0.4 is 10.2 Å². The topological polar surface area (TPSA) is 44.8 Å². The molecule has 5 nitrogen and oxygen atoms in total. The van der Waals surface area contributed by atoms with Gasteiger partial charge in [-0.25, -0.2) is 0 Å². The zero-order valence-electron chi connectivity index (χ0n) is 14.8. The fraction of sp³-hybridized carbons (Fsp3) is 0.421. The summed E-state index contributed by atoms with van der Waals surface area (Å²) < 4.78 is 5.38. The summed E-state index contributed by atoms with van der Waals surface area (Å²) in [5, 5.41) is 7.19. The molecule has 1 aliphatic heterocycles. The minimum Gasteiger partial charge on any atom is -0.378 e. The first kappa shape index (κ1) is 17.9. The average Bonchev–Trinajstić information content (AvgIpc) is 3.15. The van der Waals surface area contributed by atoms with Gasteiger partial charge in [-0.2, -0.15) is 11.3 Å². The first-order valence-corrected chi connectivity index (χ1v) is 9.53. The van der Waals surface area contributed by atoms with Crippen LogP contribution in [0.15, 0.2) is 41.1 Å². The molecule has 2 aromatic rings. The number of anilines is 2. The molecular weight excluding hydrogens is 334 g/mol. The van der Waals surface area contributed by atoms with Crippen LogP contribution in [0.5, 0.6) is 0 Å². The van der Waals surface area contributed by atoms with Crippen LogP contribution in [-0.2, 0) is 16.1 Å². The van der Waals surface area contributed by atoms with E-state index >= 15 is 0 Å². The number of carbonyl (C=O) groups is 1. The highest BCUT2D eigenvalue weighted by Gasteiger charge is 2.18. The van der Waals surface area contributed by atoms with E-state index in [0.29, 0.717) is 0 Å². The highest BCUT2D eigenvalue weighted by molar-refractivity contribution is 7.07. The molecule has 1 aliphatic rings. The Morgan fingerprint density at radius 3 is 2.64 bits per heavy atom. The average molecular weight is 359 g/mol. The van der Waals surface area contributed by atoms with E-state index in [0.717, 1.165) is 38.5 Å². The van der Waals surface area contributed by atoms with E-state index in [1.54, 1.807) is 11.3 Å². The lowest BCUT2D eigenvalue weighted by Gasteiger charge is -2.29. The standard InChI is InChI=1S/C19H25N3O2S/c1-15(21(2)13-16-7-12-25-14-16)19(23)20-17-3-5-18(6-4-17)22-8-10-24-11-9-22/h3-7,12,14-15H,8-11,13H2,1-2H3,(H,20,23)/t15-/m0/s1. The van der Waals surface area contributed by atoms with E-state index in [1.807, 2.05) is 26.1 Å². The van der Waals surface area contributed by atoms with Crippen LogP contribution in [0.1, 0.15) is 12.5 Å². The number of benzene rings is 1. The Balaban J connectivity index is 1.54. The Labute approximate surface area is 153 Å².